The van der Waals surface area contributed by atoms with E-state index in [0.717, 1.165) is 6.07 Å². The Morgan fingerprint density at radius 2 is 2.12 bits per heavy atom. The summed E-state index contributed by atoms with van der Waals surface area (Å²) in [6.45, 7) is 0.0805. The molecular weight excluding hydrogens is 293 g/mol. The maximum Gasteiger partial charge on any atom is 0.305 e. The molecule has 0 aliphatic rings. The van der Waals surface area contributed by atoms with Crippen molar-refractivity contribution in [3.8, 4) is 0 Å². The molecule has 6 heteroatoms. The monoisotopic (exact) mass is 303 g/mol. The van der Waals surface area contributed by atoms with Crippen molar-refractivity contribution in [1.82, 2.24) is 4.90 Å². The average Bonchev–Trinajstić information content (AvgIpc) is 2.28. The Kier molecular flexibility index (Phi) is 4.62. The number of benzene rings is 1. The van der Waals surface area contributed by atoms with Gasteiger partial charge in [-0.25, -0.2) is 4.39 Å². The highest BCUT2D eigenvalue weighted by molar-refractivity contribution is 9.10. The molecule has 1 amide bonds. The number of carboxylic acid groups (broad SMARTS) is 1. The highest BCUT2D eigenvalue weighted by Crippen LogP contribution is 2.19. The third-order valence-corrected chi connectivity index (χ3v) is 2.86. The average molecular weight is 304 g/mol. The second kappa shape index (κ2) is 5.77. The van der Waals surface area contributed by atoms with Crippen LogP contribution in [0.3, 0.4) is 0 Å². The van der Waals surface area contributed by atoms with Crippen LogP contribution in [-0.2, 0) is 4.79 Å². The van der Waals surface area contributed by atoms with Gasteiger partial charge >= 0.3 is 5.97 Å². The van der Waals surface area contributed by atoms with Gasteiger partial charge in [-0.05, 0) is 34.1 Å². The lowest BCUT2D eigenvalue weighted by Gasteiger charge is -2.16. The standard InChI is InChI=1S/C11H11BrFNO3/c1-14(5-4-10(15)16)11(17)8-6-7(13)2-3-9(8)12/h2-3,6H,4-5H2,1H3,(H,15,16). The van der Waals surface area contributed by atoms with Crippen LogP contribution in [0, 0.1) is 5.82 Å². The summed E-state index contributed by atoms with van der Waals surface area (Å²) in [6.07, 6.45) is -0.144. The van der Waals surface area contributed by atoms with Crippen molar-refractivity contribution < 1.29 is 19.1 Å². The van der Waals surface area contributed by atoms with Crippen molar-refractivity contribution >= 4 is 27.8 Å². The maximum absolute atomic E-state index is 13.0. The SMILES string of the molecule is CN(CCC(=O)O)C(=O)c1cc(F)ccc1Br. The van der Waals surface area contributed by atoms with Crippen LogP contribution in [0.2, 0.25) is 0 Å². The third kappa shape index (κ3) is 3.81. The zero-order valence-corrected chi connectivity index (χ0v) is 10.7. The highest BCUT2D eigenvalue weighted by atomic mass is 79.9. The summed E-state index contributed by atoms with van der Waals surface area (Å²) < 4.78 is 13.5. The first kappa shape index (κ1) is 13.6. The fourth-order valence-corrected chi connectivity index (χ4v) is 1.65. The fraction of sp³-hybridized carbons (Fsp3) is 0.273. The Hall–Kier alpha value is -1.43. The molecule has 0 aliphatic heterocycles. The van der Waals surface area contributed by atoms with Crippen molar-refractivity contribution in [3.63, 3.8) is 0 Å². The lowest BCUT2D eigenvalue weighted by molar-refractivity contribution is -0.137. The van der Waals surface area contributed by atoms with Crippen LogP contribution in [0.25, 0.3) is 0 Å². The Labute approximate surface area is 106 Å². The van der Waals surface area contributed by atoms with Gasteiger partial charge in [-0.3, -0.25) is 9.59 Å². The van der Waals surface area contributed by atoms with Gasteiger partial charge in [0.2, 0.25) is 0 Å². The Morgan fingerprint density at radius 1 is 1.47 bits per heavy atom. The summed E-state index contributed by atoms with van der Waals surface area (Å²) in [4.78, 5) is 23.5. The van der Waals surface area contributed by atoms with Crippen LogP contribution in [0.5, 0.6) is 0 Å². The smallest absolute Gasteiger partial charge is 0.305 e. The summed E-state index contributed by atoms with van der Waals surface area (Å²) >= 11 is 3.15. The van der Waals surface area contributed by atoms with Crippen LogP contribution >= 0.6 is 15.9 Å². The second-order valence-corrected chi connectivity index (χ2v) is 4.35. The minimum Gasteiger partial charge on any atom is -0.481 e. The second-order valence-electron chi connectivity index (χ2n) is 3.49. The van der Waals surface area contributed by atoms with E-state index in [-0.39, 0.29) is 18.5 Å². The molecule has 0 heterocycles. The van der Waals surface area contributed by atoms with Gasteiger partial charge in [0.25, 0.3) is 5.91 Å². The number of hydrogen-bond acceptors (Lipinski definition) is 2. The highest BCUT2D eigenvalue weighted by Gasteiger charge is 2.16. The minimum atomic E-state index is -0.983. The molecular formula is C11H11BrFNO3. The molecule has 1 aromatic carbocycles. The fourth-order valence-electron chi connectivity index (χ4n) is 1.23. The van der Waals surface area contributed by atoms with Crippen molar-refractivity contribution in [2.75, 3.05) is 13.6 Å². The zero-order valence-electron chi connectivity index (χ0n) is 9.11. The van der Waals surface area contributed by atoms with E-state index in [4.69, 9.17) is 5.11 Å². The normalized spacial score (nSPS) is 10.1. The van der Waals surface area contributed by atoms with E-state index in [0.29, 0.717) is 4.47 Å². The van der Waals surface area contributed by atoms with Gasteiger partial charge in [0, 0.05) is 18.1 Å². The molecule has 0 atom stereocenters. The van der Waals surface area contributed by atoms with Gasteiger partial charge in [0.05, 0.1) is 12.0 Å². The topological polar surface area (TPSA) is 57.6 Å². The lowest BCUT2D eigenvalue weighted by atomic mass is 10.2. The first-order valence-corrected chi connectivity index (χ1v) is 5.63. The molecule has 92 valence electrons. The number of nitrogens with zero attached hydrogens (tertiary/aromatic N) is 1. The third-order valence-electron chi connectivity index (χ3n) is 2.17. The first-order valence-electron chi connectivity index (χ1n) is 4.84. The van der Waals surface area contributed by atoms with Crippen LogP contribution in [0.1, 0.15) is 16.8 Å². The van der Waals surface area contributed by atoms with E-state index in [1.165, 1.54) is 24.1 Å². The minimum absolute atomic E-state index is 0.0805. The quantitative estimate of drug-likeness (QED) is 0.927. The molecule has 0 radical (unpaired) electrons. The van der Waals surface area contributed by atoms with E-state index < -0.39 is 17.7 Å². The molecule has 0 unspecified atom stereocenters. The number of halogens is 2. The van der Waals surface area contributed by atoms with Gasteiger partial charge in [-0.1, -0.05) is 0 Å². The van der Waals surface area contributed by atoms with Gasteiger partial charge in [0.1, 0.15) is 5.82 Å². The van der Waals surface area contributed by atoms with Crippen molar-refractivity contribution in [2.45, 2.75) is 6.42 Å². The lowest BCUT2D eigenvalue weighted by Crippen LogP contribution is -2.29. The van der Waals surface area contributed by atoms with Gasteiger partial charge in [-0.15, -0.1) is 0 Å². The molecule has 1 N–H and O–H groups in total. The summed E-state index contributed by atoms with van der Waals surface area (Å²) in [5.74, 6) is -1.91. The Bertz CT molecular complexity index is 450. The van der Waals surface area contributed by atoms with Crippen molar-refractivity contribution in [2.24, 2.45) is 0 Å². The summed E-state index contributed by atoms with van der Waals surface area (Å²) in [5, 5.41) is 8.51. The number of carbonyl (C=O) groups is 2. The zero-order chi connectivity index (χ0) is 13.0. The van der Waals surface area contributed by atoms with Crippen LogP contribution < -0.4 is 0 Å². The van der Waals surface area contributed by atoms with Crippen LogP contribution in [0.15, 0.2) is 22.7 Å². The summed E-state index contributed by atoms with van der Waals surface area (Å²) in [7, 11) is 1.47. The first-order chi connectivity index (χ1) is 7.91. The number of amides is 1. The largest absolute Gasteiger partial charge is 0.481 e. The molecule has 0 bridgehead atoms. The number of carbonyl (C=O) groups excluding carboxylic acids is 1. The molecule has 0 saturated carbocycles. The van der Waals surface area contributed by atoms with E-state index in [2.05, 4.69) is 15.9 Å². The Balaban J connectivity index is 2.81. The van der Waals surface area contributed by atoms with Gasteiger partial charge in [0.15, 0.2) is 0 Å². The molecule has 0 fully saturated rings. The number of aliphatic carboxylic acids is 1. The molecule has 1 aromatic rings. The van der Waals surface area contributed by atoms with Crippen molar-refractivity contribution in [3.05, 3.63) is 34.1 Å². The molecule has 0 aliphatic carbocycles. The summed E-state index contributed by atoms with van der Waals surface area (Å²) in [6, 6.07) is 3.79. The van der Waals surface area contributed by atoms with Gasteiger partial charge < -0.3 is 10.0 Å². The van der Waals surface area contributed by atoms with E-state index in [9.17, 15) is 14.0 Å². The number of rotatable bonds is 4. The van der Waals surface area contributed by atoms with Crippen molar-refractivity contribution in [1.29, 1.82) is 0 Å². The van der Waals surface area contributed by atoms with Crippen LogP contribution in [0.4, 0.5) is 4.39 Å². The molecule has 0 spiro atoms. The Morgan fingerprint density at radius 3 is 2.71 bits per heavy atom. The molecule has 0 aromatic heterocycles. The number of carboxylic acids is 1. The number of hydrogen-bond donors (Lipinski definition) is 1. The predicted octanol–water partition coefficient (Wildman–Crippen LogP) is 2.13. The molecule has 0 saturated heterocycles. The van der Waals surface area contributed by atoms with E-state index in [1.54, 1.807) is 0 Å². The van der Waals surface area contributed by atoms with E-state index in [1.807, 2.05) is 0 Å². The maximum atomic E-state index is 13.0. The van der Waals surface area contributed by atoms with Crippen LogP contribution in [-0.4, -0.2) is 35.5 Å². The molecule has 4 nitrogen and oxygen atoms in total. The summed E-state index contributed by atoms with van der Waals surface area (Å²) in [5.41, 5.74) is 0.179. The predicted molar refractivity (Wildman–Crippen MR) is 63.3 cm³/mol. The van der Waals surface area contributed by atoms with E-state index >= 15 is 0 Å². The van der Waals surface area contributed by atoms with Gasteiger partial charge in [-0.2, -0.15) is 0 Å². The molecule has 17 heavy (non-hydrogen) atoms. The molecule has 1 rings (SSSR count).